The van der Waals surface area contributed by atoms with Crippen LogP contribution in [0.25, 0.3) is 0 Å². The predicted octanol–water partition coefficient (Wildman–Crippen LogP) is 1.45. The van der Waals surface area contributed by atoms with Gasteiger partial charge < -0.3 is 15.7 Å². The zero-order valence-electron chi connectivity index (χ0n) is 13.9. The molecule has 1 aliphatic carbocycles. The Balaban J connectivity index is 1.76. The minimum atomic E-state index is -1.17. The van der Waals surface area contributed by atoms with Crippen LogP contribution in [0.3, 0.4) is 0 Å². The Hall–Kier alpha value is -2.37. The van der Waals surface area contributed by atoms with Crippen molar-refractivity contribution in [3.8, 4) is 0 Å². The summed E-state index contributed by atoms with van der Waals surface area (Å²) in [5.41, 5.74) is -0.522. The highest BCUT2D eigenvalue weighted by Gasteiger charge is 2.35. The Bertz CT molecular complexity index is 598. The second-order valence-electron chi connectivity index (χ2n) is 6.45. The van der Waals surface area contributed by atoms with E-state index in [4.69, 9.17) is 0 Å². The third-order valence-electron chi connectivity index (χ3n) is 4.35. The second kappa shape index (κ2) is 7.95. The molecule has 0 saturated heterocycles. The summed E-state index contributed by atoms with van der Waals surface area (Å²) in [7, 11) is 0. The van der Waals surface area contributed by atoms with Crippen LogP contribution in [0.1, 0.15) is 38.2 Å². The maximum Gasteiger partial charge on any atom is 0.315 e. The van der Waals surface area contributed by atoms with E-state index in [1.807, 2.05) is 6.07 Å². The first-order chi connectivity index (χ1) is 11.4. The molecule has 0 aromatic heterocycles. The molecule has 1 atom stereocenters. The maximum absolute atomic E-state index is 11.9. The van der Waals surface area contributed by atoms with Gasteiger partial charge in [-0.05, 0) is 31.7 Å². The molecule has 2 rings (SSSR count). The van der Waals surface area contributed by atoms with Gasteiger partial charge in [0.2, 0.25) is 11.8 Å². The molecule has 1 aromatic carbocycles. The van der Waals surface area contributed by atoms with Gasteiger partial charge in [-0.2, -0.15) is 0 Å². The van der Waals surface area contributed by atoms with E-state index in [-0.39, 0.29) is 30.7 Å². The van der Waals surface area contributed by atoms with Crippen LogP contribution in [0, 0.1) is 5.92 Å². The fraction of sp³-hybridized carbons (Fsp3) is 0.500. The van der Waals surface area contributed by atoms with E-state index in [0.29, 0.717) is 18.5 Å². The number of hydrogen-bond donors (Lipinski definition) is 3. The van der Waals surface area contributed by atoms with E-state index in [1.54, 1.807) is 31.2 Å². The third kappa shape index (κ3) is 4.81. The Morgan fingerprint density at radius 3 is 2.42 bits per heavy atom. The van der Waals surface area contributed by atoms with Gasteiger partial charge in [0, 0.05) is 25.4 Å². The molecule has 3 N–H and O–H groups in total. The summed E-state index contributed by atoms with van der Waals surface area (Å²) in [5, 5.41) is 15.0. The van der Waals surface area contributed by atoms with Gasteiger partial charge in [0.1, 0.15) is 5.41 Å². The molecular formula is C18H24N2O4. The van der Waals surface area contributed by atoms with Gasteiger partial charge in [0.25, 0.3) is 0 Å². The number of amides is 2. The molecule has 1 aromatic rings. The van der Waals surface area contributed by atoms with Crippen LogP contribution < -0.4 is 10.6 Å². The summed E-state index contributed by atoms with van der Waals surface area (Å²) >= 11 is 0. The summed E-state index contributed by atoms with van der Waals surface area (Å²) in [6.07, 6.45) is 2.72. The van der Waals surface area contributed by atoms with Gasteiger partial charge >= 0.3 is 5.97 Å². The first kappa shape index (κ1) is 18.0. The molecule has 1 fully saturated rings. The van der Waals surface area contributed by atoms with Crippen LogP contribution in [0.2, 0.25) is 0 Å². The quantitative estimate of drug-likeness (QED) is 0.597. The fourth-order valence-corrected chi connectivity index (χ4v) is 2.42. The van der Waals surface area contributed by atoms with Crippen molar-refractivity contribution in [2.75, 3.05) is 13.1 Å². The van der Waals surface area contributed by atoms with Crippen molar-refractivity contribution in [2.45, 2.75) is 38.0 Å². The lowest BCUT2D eigenvalue weighted by Gasteiger charge is -2.25. The minimum absolute atomic E-state index is 0.0274. The number of carbonyl (C=O) groups excluding carboxylic acids is 2. The molecule has 130 valence electrons. The highest BCUT2D eigenvalue weighted by Crippen LogP contribution is 2.28. The normalized spacial score (nSPS) is 16.0. The van der Waals surface area contributed by atoms with E-state index < -0.39 is 11.4 Å². The van der Waals surface area contributed by atoms with E-state index in [1.165, 1.54) is 0 Å². The molecule has 1 saturated carbocycles. The topological polar surface area (TPSA) is 95.5 Å². The van der Waals surface area contributed by atoms with Crippen molar-refractivity contribution in [1.82, 2.24) is 10.6 Å². The molecule has 1 aliphatic rings. The van der Waals surface area contributed by atoms with Crippen molar-refractivity contribution >= 4 is 17.8 Å². The van der Waals surface area contributed by atoms with Crippen molar-refractivity contribution < 1.29 is 19.5 Å². The Morgan fingerprint density at radius 1 is 1.17 bits per heavy atom. The number of carbonyl (C=O) groups is 3. The summed E-state index contributed by atoms with van der Waals surface area (Å²) in [6.45, 7) is 2.10. The average molecular weight is 332 g/mol. The Morgan fingerprint density at radius 2 is 1.83 bits per heavy atom. The summed E-state index contributed by atoms with van der Waals surface area (Å²) in [6, 6.07) is 8.86. The second-order valence-corrected chi connectivity index (χ2v) is 6.45. The molecule has 0 aliphatic heterocycles. The smallest absolute Gasteiger partial charge is 0.315 e. The van der Waals surface area contributed by atoms with Crippen LogP contribution in [0.15, 0.2) is 30.3 Å². The lowest BCUT2D eigenvalue weighted by Crippen LogP contribution is -2.44. The van der Waals surface area contributed by atoms with E-state index >= 15 is 0 Å². The monoisotopic (exact) mass is 332 g/mol. The molecule has 6 nitrogen and oxygen atoms in total. The predicted molar refractivity (Wildman–Crippen MR) is 89.4 cm³/mol. The lowest BCUT2D eigenvalue weighted by molar-refractivity contribution is -0.143. The first-order valence-electron chi connectivity index (χ1n) is 8.27. The molecular weight excluding hydrogens is 308 g/mol. The average Bonchev–Trinajstić information content (AvgIpc) is 3.42. The highest BCUT2D eigenvalue weighted by molar-refractivity contribution is 5.83. The number of carboxylic acids is 1. The first-order valence-corrected chi connectivity index (χ1v) is 8.27. The zero-order valence-corrected chi connectivity index (χ0v) is 13.9. The largest absolute Gasteiger partial charge is 0.481 e. The SMILES string of the molecule is CC(CNC(=O)CCCNC(=O)C1CC1)(C(=O)O)c1ccccc1. The molecule has 0 heterocycles. The van der Waals surface area contributed by atoms with Crippen molar-refractivity contribution in [3.63, 3.8) is 0 Å². The van der Waals surface area contributed by atoms with Crippen molar-refractivity contribution in [2.24, 2.45) is 5.92 Å². The van der Waals surface area contributed by atoms with E-state index in [0.717, 1.165) is 12.8 Å². The minimum Gasteiger partial charge on any atom is -0.481 e. The molecule has 2 amide bonds. The van der Waals surface area contributed by atoms with Gasteiger partial charge in [-0.1, -0.05) is 30.3 Å². The molecule has 1 unspecified atom stereocenters. The Labute approximate surface area is 141 Å². The molecule has 0 bridgehead atoms. The molecule has 0 spiro atoms. The van der Waals surface area contributed by atoms with Gasteiger partial charge in [-0.3, -0.25) is 14.4 Å². The Kier molecular flexibility index (Phi) is 5.95. The summed E-state index contributed by atoms with van der Waals surface area (Å²) in [5.74, 6) is -0.955. The summed E-state index contributed by atoms with van der Waals surface area (Å²) < 4.78 is 0. The number of hydrogen-bond acceptors (Lipinski definition) is 3. The maximum atomic E-state index is 11.9. The fourth-order valence-electron chi connectivity index (χ4n) is 2.42. The van der Waals surface area contributed by atoms with Crippen LogP contribution in [-0.2, 0) is 19.8 Å². The van der Waals surface area contributed by atoms with Crippen LogP contribution in [0.5, 0.6) is 0 Å². The molecule has 6 heteroatoms. The lowest BCUT2D eigenvalue weighted by atomic mass is 9.82. The van der Waals surface area contributed by atoms with Crippen LogP contribution >= 0.6 is 0 Å². The summed E-state index contributed by atoms with van der Waals surface area (Å²) in [4.78, 5) is 35.0. The number of nitrogens with one attached hydrogen (secondary N) is 2. The van der Waals surface area contributed by atoms with Gasteiger partial charge in [0.15, 0.2) is 0 Å². The molecule has 24 heavy (non-hydrogen) atoms. The van der Waals surface area contributed by atoms with E-state index in [2.05, 4.69) is 10.6 Å². The number of benzene rings is 1. The van der Waals surface area contributed by atoms with Gasteiger partial charge in [-0.25, -0.2) is 0 Å². The third-order valence-corrected chi connectivity index (χ3v) is 4.35. The van der Waals surface area contributed by atoms with Crippen molar-refractivity contribution in [1.29, 1.82) is 0 Å². The van der Waals surface area contributed by atoms with Gasteiger partial charge in [0.05, 0.1) is 0 Å². The zero-order chi connectivity index (χ0) is 17.6. The number of aliphatic carboxylic acids is 1. The highest BCUT2D eigenvalue weighted by atomic mass is 16.4. The van der Waals surface area contributed by atoms with E-state index in [9.17, 15) is 19.5 Å². The standard InChI is InChI=1S/C18H24N2O4/c1-18(17(23)24,14-6-3-2-4-7-14)12-20-15(21)8-5-11-19-16(22)13-9-10-13/h2-4,6-7,13H,5,8-12H2,1H3,(H,19,22)(H,20,21)(H,23,24). The van der Waals surface area contributed by atoms with Crippen LogP contribution in [-0.4, -0.2) is 36.0 Å². The number of rotatable bonds is 9. The van der Waals surface area contributed by atoms with Gasteiger partial charge in [-0.15, -0.1) is 0 Å². The number of carboxylic acid groups (broad SMARTS) is 1. The molecule has 0 radical (unpaired) electrons. The van der Waals surface area contributed by atoms with Crippen molar-refractivity contribution in [3.05, 3.63) is 35.9 Å². The van der Waals surface area contributed by atoms with Crippen LogP contribution in [0.4, 0.5) is 0 Å².